The van der Waals surface area contributed by atoms with Crippen LogP contribution < -0.4 is 5.32 Å². The van der Waals surface area contributed by atoms with E-state index in [4.69, 9.17) is 11.6 Å². The summed E-state index contributed by atoms with van der Waals surface area (Å²) in [5, 5.41) is 14.0. The van der Waals surface area contributed by atoms with E-state index in [1.165, 1.54) is 40.3 Å². The fraction of sp³-hybridized carbons (Fsp3) is 0.308. The number of hydrogen-bond acceptors (Lipinski definition) is 5. The number of halogens is 1. The lowest BCUT2D eigenvalue weighted by molar-refractivity contribution is -0.384. The number of pyridine rings is 1. The summed E-state index contributed by atoms with van der Waals surface area (Å²) in [4.78, 5) is 17.0. The van der Waals surface area contributed by atoms with E-state index in [0.717, 1.165) is 6.42 Å². The molecule has 0 spiro atoms. The van der Waals surface area contributed by atoms with Crippen LogP contribution in [-0.2, 0) is 19.4 Å². The van der Waals surface area contributed by atoms with Gasteiger partial charge in [-0.05, 0) is 30.9 Å². The van der Waals surface area contributed by atoms with E-state index in [-0.39, 0.29) is 10.8 Å². The molecule has 1 N–H and O–H groups in total. The van der Waals surface area contributed by atoms with Crippen LogP contribution in [0.4, 0.5) is 11.5 Å². The van der Waals surface area contributed by atoms with Gasteiger partial charge in [-0.1, -0.05) is 11.6 Å². The molecule has 0 fully saturated rings. The minimum Gasteiger partial charge on any atom is -0.365 e. The number of aryl methyl sites for hydroxylation is 2. The summed E-state index contributed by atoms with van der Waals surface area (Å²) in [5.74, 6) is 0.428. The van der Waals surface area contributed by atoms with Crippen molar-refractivity contribution in [2.45, 2.75) is 25.8 Å². The number of anilines is 1. The number of thiophene rings is 1. The van der Waals surface area contributed by atoms with Crippen LogP contribution in [-0.4, -0.2) is 9.91 Å². The van der Waals surface area contributed by atoms with Gasteiger partial charge in [-0.15, -0.1) is 11.3 Å². The lowest BCUT2D eigenvalue weighted by Gasteiger charge is -2.04. The molecule has 104 valence electrons. The van der Waals surface area contributed by atoms with Crippen LogP contribution in [0.2, 0.25) is 5.15 Å². The fourth-order valence-electron chi connectivity index (χ4n) is 2.33. The molecule has 0 unspecified atom stereocenters. The fourth-order valence-corrected chi connectivity index (χ4v) is 3.74. The summed E-state index contributed by atoms with van der Waals surface area (Å²) in [7, 11) is 0. The van der Waals surface area contributed by atoms with Crippen molar-refractivity contribution in [2.24, 2.45) is 0 Å². The molecule has 0 atom stereocenters. The molecule has 2 heterocycles. The summed E-state index contributed by atoms with van der Waals surface area (Å²) in [6, 6.07) is 4.85. The average molecular weight is 310 g/mol. The van der Waals surface area contributed by atoms with Gasteiger partial charge in [0.15, 0.2) is 0 Å². The zero-order chi connectivity index (χ0) is 14.1. The van der Waals surface area contributed by atoms with Gasteiger partial charge in [0.2, 0.25) is 0 Å². The highest BCUT2D eigenvalue weighted by molar-refractivity contribution is 7.12. The topological polar surface area (TPSA) is 68.1 Å². The second-order valence-electron chi connectivity index (χ2n) is 4.66. The lowest BCUT2D eigenvalue weighted by atomic mass is 10.2. The maximum absolute atomic E-state index is 10.8. The van der Waals surface area contributed by atoms with E-state index in [2.05, 4.69) is 16.4 Å². The van der Waals surface area contributed by atoms with Crippen molar-refractivity contribution >= 4 is 34.4 Å². The van der Waals surface area contributed by atoms with E-state index >= 15 is 0 Å². The number of nitro groups is 1. The molecule has 5 nitrogen and oxygen atoms in total. The molecule has 1 aliphatic carbocycles. The summed E-state index contributed by atoms with van der Waals surface area (Å²) in [6.07, 6.45) is 3.57. The first-order valence-electron chi connectivity index (χ1n) is 6.28. The second-order valence-corrected chi connectivity index (χ2v) is 6.27. The van der Waals surface area contributed by atoms with Crippen molar-refractivity contribution in [1.82, 2.24) is 4.98 Å². The minimum atomic E-state index is -0.474. The number of fused-ring (bicyclic) bond motifs is 1. The van der Waals surface area contributed by atoms with Gasteiger partial charge < -0.3 is 5.32 Å². The number of aromatic nitrogens is 1. The van der Waals surface area contributed by atoms with E-state index < -0.39 is 4.92 Å². The zero-order valence-corrected chi connectivity index (χ0v) is 12.1. The predicted octanol–water partition coefficient (Wildman–Crippen LogP) is 3.81. The Kier molecular flexibility index (Phi) is 3.58. The average Bonchev–Trinajstić information content (AvgIpc) is 2.96. The normalized spacial score (nSPS) is 13.2. The lowest BCUT2D eigenvalue weighted by Crippen LogP contribution is -2.01. The van der Waals surface area contributed by atoms with Gasteiger partial charge in [0, 0.05) is 9.75 Å². The number of rotatable bonds is 4. The Hall–Kier alpha value is -1.66. The molecule has 3 rings (SSSR count). The van der Waals surface area contributed by atoms with Crippen molar-refractivity contribution < 1.29 is 4.92 Å². The minimum absolute atomic E-state index is 0.0545. The standard InChI is InChI=1S/C13H12ClN3O2S/c14-12-5-9(17(18)19)6-13(16-12)15-7-10-4-8-2-1-3-11(8)20-10/h4-6H,1-3,7H2,(H,15,16). The predicted molar refractivity (Wildman–Crippen MR) is 79.6 cm³/mol. The quantitative estimate of drug-likeness (QED) is 0.530. The maximum atomic E-state index is 10.8. The maximum Gasteiger partial charge on any atom is 0.276 e. The van der Waals surface area contributed by atoms with E-state index in [1.54, 1.807) is 11.3 Å². The summed E-state index contributed by atoms with van der Waals surface area (Å²) in [5.41, 5.74) is 1.39. The highest BCUT2D eigenvalue weighted by Crippen LogP contribution is 2.31. The third-order valence-corrected chi connectivity index (χ3v) is 4.66. The van der Waals surface area contributed by atoms with Crippen molar-refractivity contribution in [1.29, 1.82) is 0 Å². The molecule has 0 aromatic carbocycles. The third-order valence-electron chi connectivity index (χ3n) is 3.23. The Bertz CT molecular complexity index is 650. The smallest absolute Gasteiger partial charge is 0.276 e. The number of nitrogens with one attached hydrogen (secondary N) is 1. The SMILES string of the molecule is O=[N+]([O-])c1cc(Cl)nc(NCc2cc3c(s2)CCC3)c1. The third kappa shape index (κ3) is 2.76. The molecule has 0 saturated heterocycles. The van der Waals surface area contributed by atoms with E-state index in [1.807, 2.05) is 0 Å². The van der Waals surface area contributed by atoms with Crippen LogP contribution in [0.15, 0.2) is 18.2 Å². The Morgan fingerprint density at radius 2 is 2.25 bits per heavy atom. The van der Waals surface area contributed by atoms with Gasteiger partial charge >= 0.3 is 0 Å². The van der Waals surface area contributed by atoms with Gasteiger partial charge in [-0.3, -0.25) is 10.1 Å². The summed E-state index contributed by atoms with van der Waals surface area (Å²) >= 11 is 7.58. The molecule has 0 amide bonds. The Morgan fingerprint density at radius 1 is 1.40 bits per heavy atom. The van der Waals surface area contributed by atoms with Crippen molar-refractivity contribution in [3.8, 4) is 0 Å². The summed E-state index contributed by atoms with van der Waals surface area (Å²) in [6.45, 7) is 0.613. The molecule has 0 aliphatic heterocycles. The molecule has 20 heavy (non-hydrogen) atoms. The molecular formula is C13H12ClN3O2S. The molecule has 0 saturated carbocycles. The van der Waals surface area contributed by atoms with Crippen molar-refractivity contribution in [2.75, 3.05) is 5.32 Å². The molecule has 2 aromatic heterocycles. The van der Waals surface area contributed by atoms with E-state index in [0.29, 0.717) is 12.4 Å². The van der Waals surface area contributed by atoms with Crippen molar-refractivity contribution in [3.63, 3.8) is 0 Å². The van der Waals surface area contributed by atoms with Gasteiger partial charge in [-0.25, -0.2) is 4.98 Å². The Morgan fingerprint density at radius 3 is 3.00 bits per heavy atom. The molecule has 7 heteroatoms. The first-order chi connectivity index (χ1) is 9.61. The number of hydrogen-bond donors (Lipinski definition) is 1. The summed E-state index contributed by atoms with van der Waals surface area (Å²) < 4.78 is 0. The molecular weight excluding hydrogens is 298 g/mol. The van der Waals surface area contributed by atoms with Gasteiger partial charge in [0.25, 0.3) is 5.69 Å². The number of nitrogens with zero attached hydrogens (tertiary/aromatic N) is 2. The highest BCUT2D eigenvalue weighted by Gasteiger charge is 2.15. The van der Waals surface area contributed by atoms with Gasteiger partial charge in [-0.2, -0.15) is 0 Å². The van der Waals surface area contributed by atoms with Crippen LogP contribution in [0.3, 0.4) is 0 Å². The van der Waals surface area contributed by atoms with Crippen LogP contribution in [0, 0.1) is 10.1 Å². The van der Waals surface area contributed by atoms with Crippen LogP contribution in [0.5, 0.6) is 0 Å². The molecule has 0 bridgehead atoms. The first kappa shape index (κ1) is 13.3. The Labute approximate surface area is 124 Å². The van der Waals surface area contributed by atoms with Gasteiger partial charge in [0.05, 0.1) is 23.6 Å². The highest BCUT2D eigenvalue weighted by atomic mass is 35.5. The zero-order valence-electron chi connectivity index (χ0n) is 10.6. The van der Waals surface area contributed by atoms with Crippen LogP contribution >= 0.6 is 22.9 Å². The Balaban J connectivity index is 1.72. The molecule has 2 aromatic rings. The van der Waals surface area contributed by atoms with Crippen molar-refractivity contribution in [3.05, 3.63) is 48.8 Å². The van der Waals surface area contributed by atoms with E-state index in [9.17, 15) is 10.1 Å². The van der Waals surface area contributed by atoms with Crippen LogP contribution in [0.25, 0.3) is 0 Å². The van der Waals surface area contributed by atoms with Crippen LogP contribution in [0.1, 0.15) is 21.7 Å². The molecule has 0 radical (unpaired) electrons. The van der Waals surface area contributed by atoms with Gasteiger partial charge in [0.1, 0.15) is 11.0 Å². The molecule has 1 aliphatic rings. The second kappa shape index (κ2) is 5.38. The largest absolute Gasteiger partial charge is 0.365 e. The first-order valence-corrected chi connectivity index (χ1v) is 7.47. The monoisotopic (exact) mass is 309 g/mol.